The van der Waals surface area contributed by atoms with E-state index in [2.05, 4.69) is 118 Å². The first kappa shape index (κ1) is 17.5. The van der Waals surface area contributed by atoms with Gasteiger partial charge < -0.3 is 0 Å². The van der Waals surface area contributed by atoms with E-state index in [-0.39, 0.29) is 10.8 Å². The van der Waals surface area contributed by atoms with Crippen LogP contribution in [0.3, 0.4) is 0 Å². The van der Waals surface area contributed by atoms with Gasteiger partial charge in [-0.25, -0.2) is 9.13 Å². The normalized spacial score (nSPS) is 12.4. The van der Waals surface area contributed by atoms with Crippen molar-refractivity contribution < 1.29 is 4.57 Å². The van der Waals surface area contributed by atoms with Gasteiger partial charge in [-0.1, -0.05) is 77.9 Å². The lowest BCUT2D eigenvalue weighted by molar-refractivity contribution is -0.595. The van der Waals surface area contributed by atoms with Crippen LogP contribution in [0.1, 0.15) is 52.7 Å². The highest BCUT2D eigenvalue weighted by Gasteiger charge is 2.24. The van der Waals surface area contributed by atoms with Crippen LogP contribution in [0.25, 0.3) is 11.4 Å². The van der Waals surface area contributed by atoms with E-state index in [4.69, 9.17) is 0 Å². The van der Waals surface area contributed by atoms with E-state index in [1.165, 1.54) is 22.5 Å². The van der Waals surface area contributed by atoms with Gasteiger partial charge in [-0.05, 0) is 23.0 Å². The molecule has 0 bridgehead atoms. The number of rotatable bonds is 2. The van der Waals surface area contributed by atoms with Crippen LogP contribution in [0.5, 0.6) is 0 Å². The molecular formula is C23H29N2+. The largest absolute Gasteiger partial charge is 0.254 e. The highest BCUT2D eigenvalue weighted by Crippen LogP contribution is 2.29. The zero-order chi connectivity index (χ0) is 18.2. The molecule has 25 heavy (non-hydrogen) atoms. The van der Waals surface area contributed by atoms with Crippen molar-refractivity contribution in [3.63, 3.8) is 0 Å². The summed E-state index contributed by atoms with van der Waals surface area (Å²) in [5, 5.41) is 0. The lowest BCUT2D eigenvalue weighted by Gasteiger charge is -2.21. The van der Waals surface area contributed by atoms with Crippen molar-refractivity contribution in [2.45, 2.75) is 52.4 Å². The fourth-order valence-electron chi connectivity index (χ4n) is 3.31. The van der Waals surface area contributed by atoms with Gasteiger partial charge in [-0.2, -0.15) is 0 Å². The van der Waals surface area contributed by atoms with Gasteiger partial charge >= 0.3 is 0 Å². The first-order valence-corrected chi connectivity index (χ1v) is 8.97. The summed E-state index contributed by atoms with van der Waals surface area (Å²) < 4.78 is 4.44. The number of imidazole rings is 1. The molecule has 0 fully saturated rings. The zero-order valence-corrected chi connectivity index (χ0v) is 16.2. The molecule has 0 aliphatic heterocycles. The Bertz CT molecular complexity index is 801. The third kappa shape index (κ3) is 3.53. The molecule has 1 heterocycles. The van der Waals surface area contributed by atoms with E-state index in [9.17, 15) is 0 Å². The average molecular weight is 333 g/mol. The number of nitrogens with zero attached hydrogens (tertiary/aromatic N) is 2. The van der Waals surface area contributed by atoms with E-state index in [0.29, 0.717) is 0 Å². The Kier molecular flexibility index (Phi) is 4.32. The maximum absolute atomic E-state index is 2.26. The standard InChI is InChI=1S/C23H29N2/c1-22(2,3)18-11-7-9-13-20(18)24-15-16-25(17-24)21-14-10-8-12-19(21)23(4,5)6/h7-17H,1-6H3/q+1. The van der Waals surface area contributed by atoms with Crippen LogP contribution >= 0.6 is 0 Å². The van der Waals surface area contributed by atoms with Gasteiger partial charge in [0.15, 0.2) is 0 Å². The summed E-state index contributed by atoms with van der Waals surface area (Å²) in [6, 6.07) is 17.3. The SMILES string of the molecule is CC(C)(C)c1ccccc1-n1cc[n+](-c2ccccc2C(C)(C)C)c1. The highest BCUT2D eigenvalue weighted by atomic mass is 15.1. The highest BCUT2D eigenvalue weighted by molar-refractivity contribution is 5.45. The lowest BCUT2D eigenvalue weighted by Crippen LogP contribution is -2.32. The summed E-state index contributed by atoms with van der Waals surface area (Å²) in [7, 11) is 0. The van der Waals surface area contributed by atoms with Gasteiger partial charge in [-0.15, -0.1) is 0 Å². The first-order valence-electron chi connectivity index (χ1n) is 8.97. The maximum atomic E-state index is 2.26. The minimum atomic E-state index is 0.106. The minimum Gasteiger partial charge on any atom is -0.202 e. The van der Waals surface area contributed by atoms with Crippen LogP contribution in [0.2, 0.25) is 0 Å². The number of aromatic nitrogens is 2. The number of para-hydroxylation sites is 2. The Morgan fingerprint density at radius 1 is 0.720 bits per heavy atom. The van der Waals surface area contributed by atoms with Gasteiger partial charge in [0.1, 0.15) is 23.8 Å². The molecule has 0 spiro atoms. The molecule has 0 saturated heterocycles. The summed E-state index contributed by atoms with van der Waals surface area (Å²) >= 11 is 0. The van der Waals surface area contributed by atoms with Crippen LogP contribution in [0.4, 0.5) is 0 Å². The van der Waals surface area contributed by atoms with Crippen LogP contribution in [-0.2, 0) is 10.8 Å². The summed E-state index contributed by atoms with van der Waals surface area (Å²) in [5.74, 6) is 0. The average Bonchev–Trinajstić information content (AvgIpc) is 3.03. The molecule has 1 aromatic heterocycles. The molecule has 2 aromatic carbocycles. The van der Waals surface area contributed by atoms with Crippen molar-refractivity contribution in [1.29, 1.82) is 0 Å². The Balaban J connectivity index is 2.10. The first-order chi connectivity index (χ1) is 11.7. The van der Waals surface area contributed by atoms with Crippen LogP contribution in [0.15, 0.2) is 67.3 Å². The summed E-state index contributed by atoms with van der Waals surface area (Å²) in [4.78, 5) is 0. The Labute approximate surface area is 151 Å². The molecule has 0 amide bonds. The molecule has 0 unspecified atom stereocenters. The molecule has 0 aliphatic carbocycles. The van der Waals surface area contributed by atoms with Gasteiger partial charge in [-0.3, -0.25) is 0 Å². The molecule has 130 valence electrons. The smallest absolute Gasteiger partial charge is 0.202 e. The fourth-order valence-corrected chi connectivity index (χ4v) is 3.31. The predicted molar refractivity (Wildman–Crippen MR) is 105 cm³/mol. The second-order valence-corrected chi connectivity index (χ2v) is 8.76. The third-order valence-electron chi connectivity index (χ3n) is 4.62. The molecule has 0 N–H and O–H groups in total. The molecule has 3 rings (SSSR count). The Hall–Kier alpha value is -2.35. The summed E-state index contributed by atoms with van der Waals surface area (Å²) in [6.07, 6.45) is 6.46. The van der Waals surface area contributed by atoms with Crippen molar-refractivity contribution in [3.8, 4) is 11.4 Å². The molecule has 2 nitrogen and oxygen atoms in total. The molecule has 2 heteroatoms. The van der Waals surface area contributed by atoms with E-state index in [0.717, 1.165) is 0 Å². The predicted octanol–water partition coefficient (Wildman–Crippen LogP) is 5.35. The van der Waals surface area contributed by atoms with Crippen LogP contribution in [-0.4, -0.2) is 4.57 Å². The van der Waals surface area contributed by atoms with Crippen molar-refractivity contribution >= 4 is 0 Å². The summed E-state index contributed by atoms with van der Waals surface area (Å²) in [6.45, 7) is 13.6. The van der Waals surface area contributed by atoms with Crippen molar-refractivity contribution in [3.05, 3.63) is 78.4 Å². The number of hydrogen-bond donors (Lipinski definition) is 0. The Morgan fingerprint density at radius 2 is 1.28 bits per heavy atom. The van der Waals surface area contributed by atoms with E-state index >= 15 is 0 Å². The van der Waals surface area contributed by atoms with Crippen molar-refractivity contribution in [2.75, 3.05) is 0 Å². The molecule has 0 aliphatic rings. The molecular weight excluding hydrogens is 304 g/mol. The third-order valence-corrected chi connectivity index (χ3v) is 4.62. The summed E-state index contributed by atoms with van der Waals surface area (Å²) in [5.41, 5.74) is 5.39. The molecule has 0 atom stereocenters. The topological polar surface area (TPSA) is 8.81 Å². The molecule has 3 aromatic rings. The number of hydrogen-bond acceptors (Lipinski definition) is 0. The van der Waals surface area contributed by atoms with Crippen molar-refractivity contribution in [2.24, 2.45) is 0 Å². The van der Waals surface area contributed by atoms with Gasteiger partial charge in [0.25, 0.3) is 6.33 Å². The number of benzene rings is 2. The van der Waals surface area contributed by atoms with Gasteiger partial charge in [0, 0.05) is 11.1 Å². The van der Waals surface area contributed by atoms with Crippen molar-refractivity contribution in [1.82, 2.24) is 4.57 Å². The second-order valence-electron chi connectivity index (χ2n) is 8.76. The minimum absolute atomic E-state index is 0.106. The second kappa shape index (κ2) is 6.18. The van der Waals surface area contributed by atoms with Gasteiger partial charge in [0.05, 0.1) is 0 Å². The monoisotopic (exact) mass is 333 g/mol. The van der Waals surface area contributed by atoms with E-state index in [1.54, 1.807) is 0 Å². The Morgan fingerprint density at radius 3 is 1.92 bits per heavy atom. The molecule has 0 saturated carbocycles. The van der Waals surface area contributed by atoms with Gasteiger partial charge in [0.2, 0.25) is 0 Å². The van der Waals surface area contributed by atoms with Crippen LogP contribution in [0, 0.1) is 0 Å². The van der Waals surface area contributed by atoms with E-state index < -0.39 is 0 Å². The van der Waals surface area contributed by atoms with E-state index in [1.807, 2.05) is 0 Å². The zero-order valence-electron chi connectivity index (χ0n) is 16.2. The fraction of sp³-hybridized carbons (Fsp3) is 0.348. The maximum Gasteiger partial charge on any atom is 0.254 e. The molecule has 0 radical (unpaired) electrons. The lowest BCUT2D eigenvalue weighted by atomic mass is 9.85. The van der Waals surface area contributed by atoms with Crippen LogP contribution < -0.4 is 4.57 Å². The quantitative estimate of drug-likeness (QED) is 0.559.